The van der Waals surface area contributed by atoms with Crippen molar-refractivity contribution in [1.29, 1.82) is 0 Å². The Balaban J connectivity index is 2.01. The van der Waals surface area contributed by atoms with E-state index < -0.39 is 10.0 Å². The molecule has 8 heteroatoms. The third kappa shape index (κ3) is 4.10. The second-order valence-electron chi connectivity index (χ2n) is 4.68. The highest BCUT2D eigenvalue weighted by molar-refractivity contribution is 7.89. The molecule has 0 aliphatic carbocycles. The Labute approximate surface area is 124 Å². The Bertz CT molecular complexity index is 696. The molecule has 0 saturated heterocycles. The van der Waals surface area contributed by atoms with Gasteiger partial charge in [-0.2, -0.15) is 0 Å². The number of aromatic nitrogens is 3. The molecule has 0 aliphatic rings. The van der Waals surface area contributed by atoms with Crippen LogP contribution in [0.2, 0.25) is 0 Å². The van der Waals surface area contributed by atoms with Gasteiger partial charge in [-0.15, -0.1) is 10.2 Å². The van der Waals surface area contributed by atoms with Crippen molar-refractivity contribution in [3.8, 4) is 0 Å². The minimum absolute atomic E-state index is 0.271. The minimum Gasteiger partial charge on any atom is -0.321 e. The third-order valence-electron chi connectivity index (χ3n) is 3.04. The average molecular weight is 309 g/mol. The number of nitrogens with one attached hydrogen (secondary N) is 2. The van der Waals surface area contributed by atoms with E-state index in [2.05, 4.69) is 20.2 Å². The van der Waals surface area contributed by atoms with Gasteiger partial charge in [0, 0.05) is 26.6 Å². The molecule has 2 rings (SSSR count). The SMILES string of the molecule is CNCc1cccc(S(=O)(=O)NCCc2nncn2C)c1. The van der Waals surface area contributed by atoms with E-state index in [4.69, 9.17) is 0 Å². The van der Waals surface area contributed by atoms with Crippen molar-refractivity contribution in [2.45, 2.75) is 17.9 Å². The molecule has 114 valence electrons. The fraction of sp³-hybridized carbons (Fsp3) is 0.385. The van der Waals surface area contributed by atoms with Gasteiger partial charge in [-0.1, -0.05) is 12.1 Å². The van der Waals surface area contributed by atoms with Crippen LogP contribution in [0.15, 0.2) is 35.5 Å². The van der Waals surface area contributed by atoms with Gasteiger partial charge in [0.1, 0.15) is 12.2 Å². The van der Waals surface area contributed by atoms with Crippen molar-refractivity contribution in [2.75, 3.05) is 13.6 Å². The van der Waals surface area contributed by atoms with Crippen molar-refractivity contribution >= 4 is 10.0 Å². The van der Waals surface area contributed by atoms with Crippen LogP contribution in [-0.2, 0) is 30.0 Å². The fourth-order valence-electron chi connectivity index (χ4n) is 1.94. The summed E-state index contributed by atoms with van der Waals surface area (Å²) < 4.78 is 28.8. The first kappa shape index (κ1) is 15.6. The van der Waals surface area contributed by atoms with Crippen LogP contribution in [-0.4, -0.2) is 36.8 Å². The maximum Gasteiger partial charge on any atom is 0.240 e. The van der Waals surface area contributed by atoms with E-state index >= 15 is 0 Å². The second kappa shape index (κ2) is 6.79. The predicted octanol–water partition coefficient (Wildman–Crippen LogP) is 0.0555. The summed E-state index contributed by atoms with van der Waals surface area (Å²) in [6.07, 6.45) is 2.08. The normalized spacial score (nSPS) is 11.7. The van der Waals surface area contributed by atoms with Gasteiger partial charge in [0.05, 0.1) is 4.90 Å². The molecule has 0 amide bonds. The predicted molar refractivity (Wildman–Crippen MR) is 79.1 cm³/mol. The largest absolute Gasteiger partial charge is 0.321 e. The van der Waals surface area contributed by atoms with Crippen LogP contribution >= 0.6 is 0 Å². The first-order chi connectivity index (χ1) is 10.0. The van der Waals surface area contributed by atoms with Crippen LogP contribution in [0, 0.1) is 0 Å². The molecule has 0 spiro atoms. The molecule has 0 aliphatic heterocycles. The van der Waals surface area contributed by atoms with E-state index in [0.29, 0.717) is 13.0 Å². The summed E-state index contributed by atoms with van der Waals surface area (Å²) in [7, 11) is 0.142. The van der Waals surface area contributed by atoms with E-state index in [0.717, 1.165) is 11.4 Å². The topological polar surface area (TPSA) is 88.9 Å². The Morgan fingerprint density at radius 1 is 1.33 bits per heavy atom. The highest BCUT2D eigenvalue weighted by Crippen LogP contribution is 2.11. The number of aryl methyl sites for hydroxylation is 1. The smallest absolute Gasteiger partial charge is 0.240 e. The molecular formula is C13H19N5O2S. The van der Waals surface area contributed by atoms with Gasteiger partial charge in [-0.3, -0.25) is 0 Å². The molecule has 0 radical (unpaired) electrons. The third-order valence-corrected chi connectivity index (χ3v) is 4.49. The fourth-order valence-corrected chi connectivity index (χ4v) is 3.04. The lowest BCUT2D eigenvalue weighted by molar-refractivity contribution is 0.579. The number of hydrogen-bond donors (Lipinski definition) is 2. The summed E-state index contributed by atoms with van der Waals surface area (Å²) in [6, 6.07) is 6.88. The van der Waals surface area contributed by atoms with Gasteiger partial charge in [-0.25, -0.2) is 13.1 Å². The van der Waals surface area contributed by atoms with Crippen LogP contribution in [0.5, 0.6) is 0 Å². The number of rotatable bonds is 7. The number of nitrogens with zero attached hydrogens (tertiary/aromatic N) is 3. The Kier molecular flexibility index (Phi) is 5.05. The van der Waals surface area contributed by atoms with Gasteiger partial charge < -0.3 is 9.88 Å². The van der Waals surface area contributed by atoms with E-state index in [9.17, 15) is 8.42 Å². The van der Waals surface area contributed by atoms with Crippen molar-refractivity contribution in [3.05, 3.63) is 42.0 Å². The van der Waals surface area contributed by atoms with Crippen molar-refractivity contribution in [1.82, 2.24) is 24.8 Å². The first-order valence-electron chi connectivity index (χ1n) is 6.59. The molecule has 0 atom stereocenters. The first-order valence-corrected chi connectivity index (χ1v) is 8.07. The molecule has 2 aromatic rings. The monoisotopic (exact) mass is 309 g/mol. The van der Waals surface area contributed by atoms with Gasteiger partial charge in [0.25, 0.3) is 0 Å². The van der Waals surface area contributed by atoms with E-state index in [-0.39, 0.29) is 11.4 Å². The standard InChI is InChI=1S/C13H19N5O2S/c1-14-9-11-4-3-5-12(8-11)21(19,20)16-7-6-13-17-15-10-18(13)2/h3-5,8,10,14,16H,6-7,9H2,1-2H3. The van der Waals surface area contributed by atoms with E-state index in [1.165, 1.54) is 0 Å². The van der Waals surface area contributed by atoms with Crippen LogP contribution in [0.4, 0.5) is 0 Å². The number of sulfonamides is 1. The number of hydrogen-bond acceptors (Lipinski definition) is 5. The highest BCUT2D eigenvalue weighted by Gasteiger charge is 2.14. The Morgan fingerprint density at radius 3 is 2.81 bits per heavy atom. The highest BCUT2D eigenvalue weighted by atomic mass is 32.2. The van der Waals surface area contributed by atoms with Gasteiger partial charge in [0.2, 0.25) is 10.0 Å². The van der Waals surface area contributed by atoms with E-state index in [1.54, 1.807) is 29.1 Å². The maximum absolute atomic E-state index is 12.2. The summed E-state index contributed by atoms with van der Waals surface area (Å²) in [5.74, 6) is 0.738. The molecule has 0 bridgehead atoms. The second-order valence-corrected chi connectivity index (χ2v) is 6.45. The molecule has 7 nitrogen and oxygen atoms in total. The van der Waals surface area contributed by atoms with Crippen LogP contribution < -0.4 is 10.0 Å². The zero-order chi connectivity index (χ0) is 15.3. The molecule has 1 heterocycles. The zero-order valence-electron chi connectivity index (χ0n) is 12.1. The molecular weight excluding hydrogens is 290 g/mol. The lowest BCUT2D eigenvalue weighted by Gasteiger charge is -2.08. The average Bonchev–Trinajstić information content (AvgIpc) is 2.85. The summed E-state index contributed by atoms with van der Waals surface area (Å²) in [5.41, 5.74) is 0.925. The van der Waals surface area contributed by atoms with Crippen LogP contribution in [0.25, 0.3) is 0 Å². The molecule has 21 heavy (non-hydrogen) atoms. The van der Waals surface area contributed by atoms with Gasteiger partial charge in [-0.05, 0) is 24.7 Å². The van der Waals surface area contributed by atoms with Crippen molar-refractivity contribution in [3.63, 3.8) is 0 Å². The quantitative estimate of drug-likeness (QED) is 0.755. The molecule has 1 aromatic carbocycles. The summed E-state index contributed by atoms with van der Waals surface area (Å²) >= 11 is 0. The van der Waals surface area contributed by atoms with E-state index in [1.807, 2.05) is 20.2 Å². The molecule has 0 saturated carbocycles. The van der Waals surface area contributed by atoms with Crippen molar-refractivity contribution < 1.29 is 8.42 Å². The Hall–Kier alpha value is -1.77. The van der Waals surface area contributed by atoms with Gasteiger partial charge in [0.15, 0.2) is 0 Å². The Morgan fingerprint density at radius 2 is 2.14 bits per heavy atom. The zero-order valence-corrected chi connectivity index (χ0v) is 12.9. The summed E-state index contributed by atoms with van der Waals surface area (Å²) in [6.45, 7) is 0.910. The van der Waals surface area contributed by atoms with Crippen molar-refractivity contribution in [2.24, 2.45) is 7.05 Å². The summed E-state index contributed by atoms with van der Waals surface area (Å²) in [5, 5.41) is 10.7. The molecule has 2 N–H and O–H groups in total. The lowest BCUT2D eigenvalue weighted by Crippen LogP contribution is -2.26. The maximum atomic E-state index is 12.2. The summed E-state index contributed by atoms with van der Waals surface area (Å²) in [4.78, 5) is 0.271. The number of benzene rings is 1. The van der Waals surface area contributed by atoms with Gasteiger partial charge >= 0.3 is 0 Å². The van der Waals surface area contributed by atoms with Crippen LogP contribution in [0.1, 0.15) is 11.4 Å². The molecule has 1 aromatic heterocycles. The minimum atomic E-state index is -3.50. The molecule has 0 unspecified atom stereocenters. The molecule has 0 fully saturated rings. The van der Waals surface area contributed by atoms with Crippen LogP contribution in [0.3, 0.4) is 0 Å². The lowest BCUT2D eigenvalue weighted by atomic mass is 10.2.